The molecule has 0 atom stereocenters. The minimum absolute atomic E-state index is 0.0893. The predicted molar refractivity (Wildman–Crippen MR) is 107 cm³/mol. The first-order valence-corrected chi connectivity index (χ1v) is 9.04. The van der Waals surface area contributed by atoms with Crippen LogP contribution >= 0.6 is 0 Å². The number of nitro benzene ring substituents is 1. The third-order valence-corrected chi connectivity index (χ3v) is 4.02. The maximum atomic E-state index is 12.3. The van der Waals surface area contributed by atoms with Crippen molar-refractivity contribution in [3.8, 4) is 17.6 Å². The summed E-state index contributed by atoms with van der Waals surface area (Å²) in [6.07, 6.45) is 2.71. The molecule has 29 heavy (non-hydrogen) atoms. The van der Waals surface area contributed by atoms with Crippen LogP contribution in [0.4, 0.5) is 5.69 Å². The fourth-order valence-corrected chi connectivity index (χ4v) is 2.65. The largest absolute Gasteiger partial charge is 0.500 e. The molecule has 0 spiro atoms. The first kappa shape index (κ1) is 21.4. The van der Waals surface area contributed by atoms with Crippen molar-refractivity contribution in [3.63, 3.8) is 0 Å². The Balaban J connectivity index is 2.10. The van der Waals surface area contributed by atoms with Gasteiger partial charge in [0.15, 0.2) is 5.75 Å². The number of carbonyl (C=O) groups excluding carboxylic acids is 1. The highest BCUT2D eigenvalue weighted by Crippen LogP contribution is 2.37. The van der Waals surface area contributed by atoms with Crippen LogP contribution in [0.15, 0.2) is 48.0 Å². The highest BCUT2D eigenvalue weighted by atomic mass is 16.6. The van der Waals surface area contributed by atoms with Gasteiger partial charge in [-0.05, 0) is 43.0 Å². The first-order valence-electron chi connectivity index (χ1n) is 9.04. The Bertz CT molecular complexity index is 949. The molecule has 0 radical (unpaired) electrons. The predicted octanol–water partition coefficient (Wildman–Crippen LogP) is 3.36. The zero-order valence-electron chi connectivity index (χ0n) is 15.9. The van der Waals surface area contributed by atoms with E-state index in [1.165, 1.54) is 12.1 Å². The molecular formula is C21H21N3O5. The second-order valence-corrected chi connectivity index (χ2v) is 6.09. The van der Waals surface area contributed by atoms with Crippen molar-refractivity contribution >= 4 is 17.7 Å². The molecule has 2 rings (SSSR count). The van der Waals surface area contributed by atoms with E-state index in [1.807, 2.05) is 30.3 Å². The Morgan fingerprint density at radius 1 is 1.34 bits per heavy atom. The molecule has 0 unspecified atom stereocenters. The van der Waals surface area contributed by atoms with Crippen molar-refractivity contribution in [2.75, 3.05) is 13.2 Å². The van der Waals surface area contributed by atoms with Crippen molar-refractivity contribution in [1.29, 1.82) is 5.26 Å². The van der Waals surface area contributed by atoms with Crippen LogP contribution in [0.5, 0.6) is 11.5 Å². The van der Waals surface area contributed by atoms with Crippen molar-refractivity contribution in [1.82, 2.24) is 5.32 Å². The number of hydrogen-bond donors (Lipinski definition) is 2. The number of nitrogens with one attached hydrogen (secondary N) is 1. The van der Waals surface area contributed by atoms with Crippen LogP contribution in [-0.2, 0) is 11.2 Å². The lowest BCUT2D eigenvalue weighted by Crippen LogP contribution is -2.25. The van der Waals surface area contributed by atoms with Crippen LogP contribution in [0.2, 0.25) is 0 Å². The number of hydrogen-bond acceptors (Lipinski definition) is 6. The molecule has 2 aromatic carbocycles. The fourth-order valence-electron chi connectivity index (χ4n) is 2.65. The average Bonchev–Trinajstić information content (AvgIpc) is 2.72. The summed E-state index contributed by atoms with van der Waals surface area (Å²) >= 11 is 0. The second-order valence-electron chi connectivity index (χ2n) is 6.09. The van der Waals surface area contributed by atoms with Crippen molar-refractivity contribution in [2.24, 2.45) is 0 Å². The second kappa shape index (κ2) is 10.5. The lowest BCUT2D eigenvalue weighted by molar-refractivity contribution is -0.386. The SMILES string of the molecule is CCOc1cc(/C=C(/C#N)C(=O)NCCCc2ccccc2)cc([N+](=O)[O-])c1O. The molecule has 2 aromatic rings. The van der Waals surface area contributed by atoms with Crippen LogP contribution in [-0.4, -0.2) is 29.1 Å². The molecular weight excluding hydrogens is 374 g/mol. The van der Waals surface area contributed by atoms with Crippen LogP contribution in [0.1, 0.15) is 24.5 Å². The van der Waals surface area contributed by atoms with Gasteiger partial charge in [0.05, 0.1) is 11.5 Å². The van der Waals surface area contributed by atoms with Crippen LogP contribution < -0.4 is 10.1 Å². The Morgan fingerprint density at radius 2 is 2.07 bits per heavy atom. The number of benzene rings is 2. The molecule has 0 fully saturated rings. The minimum atomic E-state index is -0.759. The Hall–Kier alpha value is -3.86. The molecule has 0 aromatic heterocycles. The average molecular weight is 395 g/mol. The lowest BCUT2D eigenvalue weighted by Gasteiger charge is -2.08. The molecule has 2 N–H and O–H groups in total. The van der Waals surface area contributed by atoms with E-state index >= 15 is 0 Å². The summed E-state index contributed by atoms with van der Waals surface area (Å²) in [6.45, 7) is 2.23. The maximum absolute atomic E-state index is 12.3. The number of amides is 1. The van der Waals surface area contributed by atoms with E-state index < -0.39 is 22.3 Å². The van der Waals surface area contributed by atoms with Gasteiger partial charge in [0.2, 0.25) is 5.75 Å². The molecule has 0 aliphatic rings. The van der Waals surface area contributed by atoms with E-state index in [0.29, 0.717) is 13.0 Å². The molecule has 0 aliphatic carbocycles. The summed E-state index contributed by atoms with van der Waals surface area (Å²) in [5.74, 6) is -1.26. The molecule has 0 bridgehead atoms. The lowest BCUT2D eigenvalue weighted by atomic mass is 10.1. The van der Waals surface area contributed by atoms with Crippen molar-refractivity contribution in [2.45, 2.75) is 19.8 Å². The molecule has 0 saturated heterocycles. The van der Waals surface area contributed by atoms with E-state index in [2.05, 4.69) is 5.32 Å². The van der Waals surface area contributed by atoms with E-state index in [-0.39, 0.29) is 23.5 Å². The number of carbonyl (C=O) groups is 1. The highest BCUT2D eigenvalue weighted by molar-refractivity contribution is 6.01. The Morgan fingerprint density at radius 3 is 2.69 bits per heavy atom. The van der Waals surface area contributed by atoms with Crippen LogP contribution in [0, 0.1) is 21.4 Å². The maximum Gasteiger partial charge on any atom is 0.315 e. The number of nitro groups is 1. The number of ether oxygens (including phenoxy) is 1. The zero-order chi connectivity index (χ0) is 21.2. The van der Waals surface area contributed by atoms with Gasteiger partial charge in [0.1, 0.15) is 11.6 Å². The number of phenols is 1. The van der Waals surface area contributed by atoms with Crippen molar-refractivity contribution in [3.05, 3.63) is 69.3 Å². The fraction of sp³-hybridized carbons (Fsp3) is 0.238. The summed E-state index contributed by atoms with van der Waals surface area (Å²) in [7, 11) is 0. The van der Waals surface area contributed by atoms with Gasteiger partial charge >= 0.3 is 5.69 Å². The van der Waals surface area contributed by atoms with E-state index in [9.17, 15) is 25.3 Å². The molecule has 0 saturated carbocycles. The topological polar surface area (TPSA) is 125 Å². The van der Waals surface area contributed by atoms with E-state index in [0.717, 1.165) is 18.1 Å². The third-order valence-electron chi connectivity index (χ3n) is 4.02. The van der Waals surface area contributed by atoms with Crippen LogP contribution in [0.3, 0.4) is 0 Å². The van der Waals surface area contributed by atoms with Gasteiger partial charge in [-0.2, -0.15) is 5.26 Å². The monoisotopic (exact) mass is 395 g/mol. The summed E-state index contributed by atoms with van der Waals surface area (Å²) in [6, 6.07) is 14.0. The number of nitriles is 1. The molecule has 1 amide bonds. The van der Waals surface area contributed by atoms with Crippen molar-refractivity contribution < 1.29 is 19.6 Å². The molecule has 0 aliphatic heterocycles. The van der Waals surface area contributed by atoms with E-state index in [1.54, 1.807) is 13.0 Å². The number of aryl methyl sites for hydroxylation is 1. The first-order chi connectivity index (χ1) is 14.0. The molecule has 8 heteroatoms. The summed E-state index contributed by atoms with van der Waals surface area (Å²) in [5, 5.41) is 33.0. The molecule has 8 nitrogen and oxygen atoms in total. The summed E-state index contributed by atoms with van der Waals surface area (Å²) < 4.78 is 5.20. The Kier molecular flexibility index (Phi) is 7.74. The molecule has 150 valence electrons. The van der Waals surface area contributed by atoms with Gasteiger partial charge in [-0.3, -0.25) is 14.9 Å². The standard InChI is InChI=1S/C21H21N3O5/c1-2-29-19-13-16(12-18(20(19)25)24(27)28)11-17(14-22)21(26)23-10-6-9-15-7-4-3-5-8-15/h3-5,7-8,11-13,25H,2,6,9-10H2,1H3,(H,23,26)/b17-11-. The number of rotatable bonds is 9. The molecule has 0 heterocycles. The normalized spacial score (nSPS) is 10.8. The van der Waals surface area contributed by atoms with Gasteiger partial charge in [-0.1, -0.05) is 30.3 Å². The number of aromatic hydroxyl groups is 1. The van der Waals surface area contributed by atoms with E-state index in [4.69, 9.17) is 4.74 Å². The Labute approximate surface area is 168 Å². The van der Waals surface area contributed by atoms with Gasteiger partial charge < -0.3 is 15.2 Å². The summed E-state index contributed by atoms with van der Waals surface area (Å²) in [5.41, 5.74) is 0.585. The quantitative estimate of drug-likeness (QED) is 0.220. The zero-order valence-corrected chi connectivity index (χ0v) is 15.9. The van der Waals surface area contributed by atoms with Gasteiger partial charge in [0.25, 0.3) is 5.91 Å². The number of nitrogens with zero attached hydrogens (tertiary/aromatic N) is 2. The highest BCUT2D eigenvalue weighted by Gasteiger charge is 2.20. The van der Waals surface area contributed by atoms with Gasteiger partial charge in [-0.25, -0.2) is 0 Å². The summed E-state index contributed by atoms with van der Waals surface area (Å²) in [4.78, 5) is 22.6. The smallest absolute Gasteiger partial charge is 0.315 e. The minimum Gasteiger partial charge on any atom is -0.500 e. The number of phenolic OH excluding ortho intramolecular Hbond substituents is 1. The van der Waals surface area contributed by atoms with Gasteiger partial charge in [0, 0.05) is 12.6 Å². The third kappa shape index (κ3) is 6.07. The van der Waals surface area contributed by atoms with Crippen LogP contribution in [0.25, 0.3) is 6.08 Å². The van der Waals surface area contributed by atoms with Gasteiger partial charge in [-0.15, -0.1) is 0 Å².